The third-order valence-corrected chi connectivity index (χ3v) is 5.69. The monoisotopic (exact) mass is 390 g/mol. The minimum Gasteiger partial charge on any atom is -0.298 e. The number of carbonyl (C=O) groups is 1. The van der Waals surface area contributed by atoms with E-state index in [1.807, 2.05) is 0 Å². The Kier molecular flexibility index (Phi) is 9.13. The molecule has 1 aliphatic heterocycles. The Morgan fingerprint density at radius 2 is 2.07 bits per heavy atom. The van der Waals surface area contributed by atoms with E-state index in [0.717, 1.165) is 44.3 Å². The van der Waals surface area contributed by atoms with E-state index < -0.39 is 5.91 Å². The minimum atomic E-state index is -0.670. The molecule has 2 N–H and O–H groups in total. The fourth-order valence-electron chi connectivity index (χ4n) is 4.25. The highest BCUT2D eigenvalue weighted by Crippen LogP contribution is 2.26. The number of allylic oxidation sites excluding steroid dienone is 1. The summed E-state index contributed by atoms with van der Waals surface area (Å²) in [4.78, 5) is 13.9. The van der Waals surface area contributed by atoms with E-state index in [9.17, 15) is 9.18 Å². The van der Waals surface area contributed by atoms with Crippen molar-refractivity contribution in [1.82, 2.24) is 10.4 Å². The van der Waals surface area contributed by atoms with Crippen molar-refractivity contribution in [2.75, 3.05) is 13.1 Å². The molecule has 1 aromatic rings. The van der Waals surface area contributed by atoms with E-state index in [1.165, 1.54) is 37.3 Å². The van der Waals surface area contributed by atoms with Crippen molar-refractivity contribution >= 4 is 5.91 Å². The molecule has 28 heavy (non-hydrogen) atoms. The van der Waals surface area contributed by atoms with Gasteiger partial charge in [0.2, 0.25) is 0 Å². The largest absolute Gasteiger partial charge is 0.298 e. The Bertz CT molecular complexity index is 675. The molecule has 1 aliphatic rings. The van der Waals surface area contributed by atoms with Crippen molar-refractivity contribution in [3.8, 4) is 0 Å². The van der Waals surface area contributed by atoms with Gasteiger partial charge in [-0.15, -0.1) is 0 Å². The van der Waals surface area contributed by atoms with Crippen molar-refractivity contribution in [2.45, 2.75) is 71.8 Å². The van der Waals surface area contributed by atoms with Crippen LogP contribution in [0.1, 0.15) is 80.3 Å². The van der Waals surface area contributed by atoms with Crippen molar-refractivity contribution in [2.24, 2.45) is 5.92 Å². The lowest BCUT2D eigenvalue weighted by Gasteiger charge is -2.32. The third kappa shape index (κ3) is 6.42. The van der Waals surface area contributed by atoms with Gasteiger partial charge in [0.05, 0.1) is 0 Å². The zero-order valence-corrected chi connectivity index (χ0v) is 17.4. The second kappa shape index (κ2) is 11.3. The van der Waals surface area contributed by atoms with E-state index in [2.05, 4.69) is 25.3 Å². The molecule has 0 saturated carbocycles. The smallest absolute Gasteiger partial charge is 0.274 e. The fraction of sp³-hybridized carbons (Fsp3) is 0.609. The standard InChI is InChI=1S/C23H35FN2O2/c1-4-7-17(3)9-6-10-18(8-5-2)15-26-12-11-19-13-20(23(27)25-28)14-22(24)21(19)16-26/h13-14,18,28H,3-12,15-16H2,1-2H3,(H,25,27). The van der Waals surface area contributed by atoms with Crippen molar-refractivity contribution in [1.29, 1.82) is 0 Å². The maximum atomic E-state index is 14.6. The molecule has 1 amide bonds. The summed E-state index contributed by atoms with van der Waals surface area (Å²) in [6.07, 6.45) is 8.86. The van der Waals surface area contributed by atoms with E-state index in [0.29, 0.717) is 18.0 Å². The zero-order valence-electron chi connectivity index (χ0n) is 17.4. The number of rotatable bonds is 11. The van der Waals surface area contributed by atoms with Gasteiger partial charge in [0, 0.05) is 30.8 Å². The normalized spacial score (nSPS) is 15.1. The number of hydrogen-bond acceptors (Lipinski definition) is 3. The van der Waals surface area contributed by atoms with E-state index >= 15 is 0 Å². The topological polar surface area (TPSA) is 52.6 Å². The lowest BCUT2D eigenvalue weighted by Crippen LogP contribution is -2.35. The Labute approximate surface area is 168 Å². The summed E-state index contributed by atoms with van der Waals surface area (Å²) < 4.78 is 14.6. The van der Waals surface area contributed by atoms with Crippen LogP contribution in [0.4, 0.5) is 4.39 Å². The molecule has 156 valence electrons. The molecule has 0 spiro atoms. The third-order valence-electron chi connectivity index (χ3n) is 5.69. The van der Waals surface area contributed by atoms with Gasteiger partial charge >= 0.3 is 0 Å². The molecule has 0 radical (unpaired) electrons. The highest BCUT2D eigenvalue weighted by Gasteiger charge is 2.23. The van der Waals surface area contributed by atoms with Gasteiger partial charge in [0.25, 0.3) is 5.91 Å². The van der Waals surface area contributed by atoms with Crippen LogP contribution in [0.5, 0.6) is 0 Å². The van der Waals surface area contributed by atoms with Crippen LogP contribution >= 0.6 is 0 Å². The molecule has 4 nitrogen and oxygen atoms in total. The summed E-state index contributed by atoms with van der Waals surface area (Å²) in [5.74, 6) is -0.399. The van der Waals surface area contributed by atoms with Gasteiger partial charge in [-0.1, -0.05) is 38.8 Å². The minimum absolute atomic E-state index is 0.170. The van der Waals surface area contributed by atoms with Gasteiger partial charge in [0.15, 0.2) is 0 Å². The molecule has 5 heteroatoms. The Balaban J connectivity index is 1.95. The molecule has 0 bridgehead atoms. The number of amides is 1. The lowest BCUT2D eigenvalue weighted by molar-refractivity contribution is 0.0705. The molecule has 2 rings (SSSR count). The molecule has 1 aromatic carbocycles. The van der Waals surface area contributed by atoms with Crippen molar-refractivity contribution in [3.63, 3.8) is 0 Å². The van der Waals surface area contributed by atoms with Crippen molar-refractivity contribution in [3.05, 3.63) is 46.8 Å². The molecule has 1 atom stereocenters. The maximum absolute atomic E-state index is 14.6. The molecule has 0 aromatic heterocycles. The molecule has 0 aliphatic carbocycles. The zero-order chi connectivity index (χ0) is 20.5. The summed E-state index contributed by atoms with van der Waals surface area (Å²) in [7, 11) is 0. The molecule has 1 heterocycles. The average Bonchev–Trinajstić information content (AvgIpc) is 2.68. The number of nitrogens with zero attached hydrogens (tertiary/aromatic N) is 1. The first-order valence-electron chi connectivity index (χ1n) is 10.6. The average molecular weight is 391 g/mol. The number of nitrogens with one attached hydrogen (secondary N) is 1. The second-order valence-electron chi connectivity index (χ2n) is 8.07. The van der Waals surface area contributed by atoms with Crippen LogP contribution in [0.15, 0.2) is 24.3 Å². The number of fused-ring (bicyclic) bond motifs is 1. The van der Waals surface area contributed by atoms with E-state index in [1.54, 1.807) is 11.5 Å². The first-order chi connectivity index (χ1) is 13.5. The number of benzene rings is 1. The van der Waals surface area contributed by atoms with Crippen LogP contribution in [0.3, 0.4) is 0 Å². The highest BCUT2D eigenvalue weighted by molar-refractivity contribution is 5.93. The Morgan fingerprint density at radius 3 is 2.75 bits per heavy atom. The van der Waals surface area contributed by atoms with Crippen LogP contribution in [0.25, 0.3) is 0 Å². The van der Waals surface area contributed by atoms with Gasteiger partial charge in [0.1, 0.15) is 5.82 Å². The van der Waals surface area contributed by atoms with Crippen LogP contribution in [-0.2, 0) is 13.0 Å². The summed E-state index contributed by atoms with van der Waals surface area (Å²) in [5, 5.41) is 8.77. The van der Waals surface area contributed by atoms with Crippen LogP contribution < -0.4 is 5.48 Å². The van der Waals surface area contributed by atoms with Crippen LogP contribution in [-0.4, -0.2) is 29.1 Å². The molecule has 1 unspecified atom stereocenters. The van der Waals surface area contributed by atoms with Gasteiger partial charge < -0.3 is 0 Å². The number of hydroxylamine groups is 1. The molecular formula is C23H35FN2O2. The van der Waals surface area contributed by atoms with Gasteiger partial charge in [-0.25, -0.2) is 9.87 Å². The maximum Gasteiger partial charge on any atom is 0.274 e. The SMILES string of the molecule is C=C(CCC)CCCC(CCC)CN1CCc2cc(C(=O)NO)cc(F)c2C1. The summed E-state index contributed by atoms with van der Waals surface area (Å²) >= 11 is 0. The first kappa shape index (κ1) is 22.6. The molecule has 0 saturated heterocycles. The predicted octanol–water partition coefficient (Wildman–Crippen LogP) is 5.25. The second-order valence-corrected chi connectivity index (χ2v) is 8.07. The van der Waals surface area contributed by atoms with Crippen molar-refractivity contribution < 1.29 is 14.4 Å². The summed E-state index contributed by atoms with van der Waals surface area (Å²) in [5.41, 5.74) is 4.66. The number of hydrogen-bond donors (Lipinski definition) is 2. The first-order valence-corrected chi connectivity index (χ1v) is 10.6. The van der Waals surface area contributed by atoms with Gasteiger partial charge in [-0.2, -0.15) is 0 Å². The Hall–Kier alpha value is -1.72. The van der Waals surface area contributed by atoms with Gasteiger partial charge in [-0.05, 0) is 62.1 Å². The predicted molar refractivity (Wildman–Crippen MR) is 111 cm³/mol. The quantitative estimate of drug-likeness (QED) is 0.308. The highest BCUT2D eigenvalue weighted by atomic mass is 19.1. The molecular weight excluding hydrogens is 355 g/mol. The Morgan fingerprint density at radius 1 is 1.29 bits per heavy atom. The lowest BCUT2D eigenvalue weighted by atomic mass is 9.92. The van der Waals surface area contributed by atoms with Gasteiger partial charge in [-0.3, -0.25) is 14.9 Å². The number of carbonyl (C=O) groups excluding carboxylic acids is 1. The fourth-order valence-corrected chi connectivity index (χ4v) is 4.25. The number of halogens is 1. The summed E-state index contributed by atoms with van der Waals surface area (Å²) in [6.45, 7) is 11.0. The van der Waals surface area contributed by atoms with E-state index in [-0.39, 0.29) is 11.4 Å². The van der Waals surface area contributed by atoms with Crippen LogP contribution in [0, 0.1) is 11.7 Å². The summed E-state index contributed by atoms with van der Waals surface area (Å²) in [6, 6.07) is 2.92. The molecule has 0 fully saturated rings. The van der Waals surface area contributed by atoms with E-state index in [4.69, 9.17) is 5.21 Å². The van der Waals surface area contributed by atoms with Crippen LogP contribution in [0.2, 0.25) is 0 Å².